The van der Waals surface area contributed by atoms with E-state index in [2.05, 4.69) is 26.1 Å². The molecule has 1 rings (SSSR count). The molecule has 2 nitrogen and oxygen atoms in total. The first kappa shape index (κ1) is 15.0. The topological polar surface area (TPSA) is 21.3 Å². The molecule has 0 bridgehead atoms. The first-order chi connectivity index (χ1) is 8.22. The number of hydrogen-bond acceptors (Lipinski definition) is 2. The predicted molar refractivity (Wildman–Crippen MR) is 74.4 cm³/mol. The summed E-state index contributed by atoms with van der Waals surface area (Å²) in [6.07, 6.45) is 9.48. The smallest absolute Gasteiger partial charge is 0.0590 e. The molecule has 2 unspecified atom stereocenters. The van der Waals surface area contributed by atoms with Gasteiger partial charge in [-0.15, -0.1) is 0 Å². The van der Waals surface area contributed by atoms with Crippen LogP contribution in [0.2, 0.25) is 0 Å². The molecule has 0 radical (unpaired) electrons. The highest BCUT2D eigenvalue weighted by atomic mass is 16.5. The third-order valence-corrected chi connectivity index (χ3v) is 3.60. The lowest BCUT2D eigenvalue weighted by Crippen LogP contribution is -2.35. The van der Waals surface area contributed by atoms with Gasteiger partial charge >= 0.3 is 0 Å². The summed E-state index contributed by atoms with van der Waals surface area (Å²) in [5, 5.41) is 3.69. The molecule has 0 aromatic heterocycles. The molecule has 0 saturated carbocycles. The van der Waals surface area contributed by atoms with Crippen LogP contribution in [0.3, 0.4) is 0 Å². The van der Waals surface area contributed by atoms with Crippen molar-refractivity contribution in [2.75, 3.05) is 13.2 Å². The fourth-order valence-corrected chi connectivity index (χ4v) is 2.50. The Labute approximate surface area is 108 Å². The Balaban J connectivity index is 2.27. The van der Waals surface area contributed by atoms with Crippen LogP contribution in [0.5, 0.6) is 0 Å². The molecule has 1 N–H and O–H groups in total. The van der Waals surface area contributed by atoms with E-state index >= 15 is 0 Å². The van der Waals surface area contributed by atoms with Crippen LogP contribution in [0, 0.1) is 5.92 Å². The van der Waals surface area contributed by atoms with Gasteiger partial charge in [-0.05, 0) is 57.4 Å². The highest BCUT2D eigenvalue weighted by Crippen LogP contribution is 2.19. The summed E-state index contributed by atoms with van der Waals surface area (Å²) in [7, 11) is 0. The third kappa shape index (κ3) is 7.05. The maximum Gasteiger partial charge on any atom is 0.0590 e. The molecule has 2 heteroatoms. The molecular formula is C15H31NO. The van der Waals surface area contributed by atoms with Crippen LogP contribution in [0.15, 0.2) is 0 Å². The summed E-state index contributed by atoms with van der Waals surface area (Å²) in [6, 6.07) is 0.667. The van der Waals surface area contributed by atoms with Crippen LogP contribution >= 0.6 is 0 Å². The molecule has 0 amide bonds. The Kier molecular flexibility index (Phi) is 7.87. The Morgan fingerprint density at radius 1 is 1.24 bits per heavy atom. The first-order valence-corrected chi connectivity index (χ1v) is 7.57. The van der Waals surface area contributed by atoms with E-state index in [1.807, 2.05) is 0 Å². The van der Waals surface area contributed by atoms with Gasteiger partial charge in [-0.25, -0.2) is 0 Å². The van der Waals surface area contributed by atoms with E-state index in [0.717, 1.165) is 19.1 Å². The molecule has 2 atom stereocenters. The molecule has 0 aromatic rings. The van der Waals surface area contributed by atoms with Crippen molar-refractivity contribution in [1.29, 1.82) is 0 Å². The lowest BCUT2D eigenvalue weighted by Gasteiger charge is -2.28. The predicted octanol–water partition coefficient (Wildman–Crippen LogP) is 3.75. The van der Waals surface area contributed by atoms with Gasteiger partial charge in [-0.1, -0.05) is 20.8 Å². The standard InChI is InChI=1S/C15H31NO/c1-4-10-16-14(9-8-13(2)3)12-15-7-5-6-11-17-15/h13-16H,4-12H2,1-3H3. The summed E-state index contributed by atoms with van der Waals surface area (Å²) in [6.45, 7) is 9.00. The quantitative estimate of drug-likeness (QED) is 0.699. The first-order valence-electron chi connectivity index (χ1n) is 7.57. The highest BCUT2D eigenvalue weighted by Gasteiger charge is 2.19. The SMILES string of the molecule is CCCNC(CCC(C)C)CC1CCCCO1. The van der Waals surface area contributed by atoms with Crippen molar-refractivity contribution in [2.45, 2.75) is 77.9 Å². The van der Waals surface area contributed by atoms with Crippen LogP contribution in [-0.4, -0.2) is 25.3 Å². The van der Waals surface area contributed by atoms with Gasteiger partial charge in [0.2, 0.25) is 0 Å². The summed E-state index contributed by atoms with van der Waals surface area (Å²) in [5.74, 6) is 0.813. The molecule has 1 aliphatic rings. The fourth-order valence-electron chi connectivity index (χ4n) is 2.50. The Morgan fingerprint density at radius 3 is 2.65 bits per heavy atom. The Morgan fingerprint density at radius 2 is 2.06 bits per heavy atom. The molecule has 1 heterocycles. The lowest BCUT2D eigenvalue weighted by molar-refractivity contribution is 0.00443. The van der Waals surface area contributed by atoms with E-state index in [0.29, 0.717) is 12.1 Å². The van der Waals surface area contributed by atoms with Crippen molar-refractivity contribution < 1.29 is 4.74 Å². The molecule has 0 aromatic carbocycles. The molecule has 1 aliphatic heterocycles. The highest BCUT2D eigenvalue weighted by molar-refractivity contribution is 4.75. The summed E-state index contributed by atoms with van der Waals surface area (Å²) in [5.41, 5.74) is 0. The maximum atomic E-state index is 5.86. The Hall–Kier alpha value is -0.0800. The summed E-state index contributed by atoms with van der Waals surface area (Å²) in [4.78, 5) is 0. The third-order valence-electron chi connectivity index (χ3n) is 3.60. The minimum absolute atomic E-state index is 0.519. The van der Waals surface area contributed by atoms with Gasteiger partial charge in [-0.3, -0.25) is 0 Å². The van der Waals surface area contributed by atoms with Crippen molar-refractivity contribution in [1.82, 2.24) is 5.32 Å². The van der Waals surface area contributed by atoms with Crippen LogP contribution in [0.4, 0.5) is 0 Å². The van der Waals surface area contributed by atoms with E-state index in [1.54, 1.807) is 0 Å². The number of rotatable bonds is 8. The van der Waals surface area contributed by atoms with Gasteiger partial charge in [0.05, 0.1) is 6.10 Å². The molecular weight excluding hydrogens is 210 g/mol. The average molecular weight is 241 g/mol. The van der Waals surface area contributed by atoms with Gasteiger partial charge in [0, 0.05) is 12.6 Å². The average Bonchev–Trinajstić information content (AvgIpc) is 2.34. The number of nitrogens with one attached hydrogen (secondary N) is 1. The summed E-state index contributed by atoms with van der Waals surface area (Å²) >= 11 is 0. The van der Waals surface area contributed by atoms with Gasteiger partial charge in [0.25, 0.3) is 0 Å². The van der Waals surface area contributed by atoms with E-state index in [4.69, 9.17) is 4.74 Å². The zero-order valence-corrected chi connectivity index (χ0v) is 12.0. The monoisotopic (exact) mass is 241 g/mol. The van der Waals surface area contributed by atoms with Crippen LogP contribution in [0.1, 0.15) is 65.7 Å². The van der Waals surface area contributed by atoms with Crippen molar-refractivity contribution >= 4 is 0 Å². The molecule has 1 saturated heterocycles. The lowest BCUT2D eigenvalue weighted by atomic mass is 9.96. The van der Waals surface area contributed by atoms with E-state index in [1.165, 1.54) is 44.9 Å². The molecule has 1 fully saturated rings. The minimum Gasteiger partial charge on any atom is -0.378 e. The van der Waals surface area contributed by atoms with Crippen molar-refractivity contribution in [3.8, 4) is 0 Å². The molecule has 0 aliphatic carbocycles. The molecule has 17 heavy (non-hydrogen) atoms. The molecule has 102 valence electrons. The van der Waals surface area contributed by atoms with E-state index < -0.39 is 0 Å². The van der Waals surface area contributed by atoms with E-state index in [-0.39, 0.29) is 0 Å². The second kappa shape index (κ2) is 8.93. The number of hydrogen-bond donors (Lipinski definition) is 1. The second-order valence-corrected chi connectivity index (χ2v) is 5.85. The normalized spacial score (nSPS) is 22.9. The van der Waals surface area contributed by atoms with Gasteiger partial charge in [-0.2, -0.15) is 0 Å². The van der Waals surface area contributed by atoms with Gasteiger partial charge < -0.3 is 10.1 Å². The van der Waals surface area contributed by atoms with Crippen molar-refractivity contribution in [3.63, 3.8) is 0 Å². The Bertz CT molecular complexity index is 176. The van der Waals surface area contributed by atoms with Crippen LogP contribution < -0.4 is 5.32 Å². The maximum absolute atomic E-state index is 5.86. The molecule has 0 spiro atoms. The number of ether oxygens (including phenoxy) is 1. The second-order valence-electron chi connectivity index (χ2n) is 5.85. The van der Waals surface area contributed by atoms with Crippen LogP contribution in [0.25, 0.3) is 0 Å². The fraction of sp³-hybridized carbons (Fsp3) is 1.00. The van der Waals surface area contributed by atoms with Gasteiger partial charge in [0.1, 0.15) is 0 Å². The van der Waals surface area contributed by atoms with Gasteiger partial charge in [0.15, 0.2) is 0 Å². The summed E-state index contributed by atoms with van der Waals surface area (Å²) < 4.78 is 5.86. The zero-order valence-electron chi connectivity index (χ0n) is 12.0. The van der Waals surface area contributed by atoms with E-state index in [9.17, 15) is 0 Å². The van der Waals surface area contributed by atoms with Crippen molar-refractivity contribution in [2.24, 2.45) is 5.92 Å². The van der Waals surface area contributed by atoms with Crippen molar-refractivity contribution in [3.05, 3.63) is 0 Å². The largest absolute Gasteiger partial charge is 0.378 e. The minimum atomic E-state index is 0.519. The van der Waals surface area contributed by atoms with Crippen LogP contribution in [-0.2, 0) is 4.74 Å². The zero-order chi connectivity index (χ0) is 12.5.